The Kier molecular flexibility index (Phi) is 8.22. The molecule has 1 heteroatoms. The Morgan fingerprint density at radius 2 is 1.84 bits per heavy atom. The number of allylic oxidation sites excluding steroid dienone is 10. The third kappa shape index (κ3) is 7.77. The van der Waals surface area contributed by atoms with Crippen LogP contribution in [0.3, 0.4) is 0 Å². The summed E-state index contributed by atoms with van der Waals surface area (Å²) < 4.78 is 5.55. The van der Waals surface area contributed by atoms with E-state index in [1.807, 2.05) is 19.9 Å². The summed E-state index contributed by atoms with van der Waals surface area (Å²) in [5, 5.41) is 0. The fraction of sp³-hybridized carbons (Fsp3) is 0.500. The van der Waals surface area contributed by atoms with Gasteiger partial charge in [-0.2, -0.15) is 0 Å². The predicted molar refractivity (Wildman–Crippen MR) is 111 cm³/mol. The molecule has 0 N–H and O–H groups in total. The topological polar surface area (TPSA) is 9.23 Å². The van der Waals surface area contributed by atoms with Gasteiger partial charge in [0, 0.05) is 0 Å². The Labute approximate surface area is 155 Å². The highest BCUT2D eigenvalue weighted by Crippen LogP contribution is 2.40. The van der Waals surface area contributed by atoms with Crippen molar-refractivity contribution in [2.75, 3.05) is 0 Å². The summed E-state index contributed by atoms with van der Waals surface area (Å²) >= 11 is 0. The van der Waals surface area contributed by atoms with E-state index in [2.05, 4.69) is 71.6 Å². The highest BCUT2D eigenvalue weighted by molar-refractivity contribution is 5.37. The lowest BCUT2D eigenvalue weighted by atomic mass is 9.72. The Hall–Kier alpha value is -1.76. The average molecular weight is 341 g/mol. The molecular weight excluding hydrogens is 304 g/mol. The quantitative estimate of drug-likeness (QED) is 0.345. The summed E-state index contributed by atoms with van der Waals surface area (Å²) in [5.74, 6) is 0.708. The van der Waals surface area contributed by atoms with E-state index in [9.17, 15) is 0 Å². The first-order valence-corrected chi connectivity index (χ1v) is 9.39. The van der Waals surface area contributed by atoms with Crippen molar-refractivity contribution in [1.82, 2.24) is 0 Å². The molecule has 0 atom stereocenters. The highest BCUT2D eigenvalue weighted by Gasteiger charge is 2.26. The maximum Gasteiger partial charge on any atom is 0.112 e. The maximum absolute atomic E-state index is 5.55. The van der Waals surface area contributed by atoms with Crippen LogP contribution in [0.25, 0.3) is 0 Å². The molecule has 0 unspecified atom stereocenters. The zero-order valence-corrected chi connectivity index (χ0v) is 17.3. The molecule has 0 spiro atoms. The summed E-state index contributed by atoms with van der Waals surface area (Å²) in [6.07, 6.45) is 16.8. The van der Waals surface area contributed by atoms with Gasteiger partial charge in [0.2, 0.25) is 0 Å². The summed E-state index contributed by atoms with van der Waals surface area (Å²) in [5.41, 5.74) is 5.73. The van der Waals surface area contributed by atoms with Gasteiger partial charge in [-0.05, 0) is 76.5 Å². The molecule has 138 valence electrons. The van der Waals surface area contributed by atoms with Crippen LogP contribution in [0.15, 0.2) is 71.1 Å². The molecule has 0 amide bonds. The molecule has 0 aromatic carbocycles. The largest absolute Gasteiger partial charge is 0.492 e. The van der Waals surface area contributed by atoms with E-state index in [-0.39, 0.29) is 6.10 Å². The Bertz CT molecular complexity index is 618. The Morgan fingerprint density at radius 3 is 2.44 bits per heavy atom. The number of hydrogen-bond acceptors (Lipinski definition) is 1. The monoisotopic (exact) mass is 340 g/mol. The Balaban J connectivity index is 2.72. The van der Waals surface area contributed by atoms with Crippen LogP contribution in [0.2, 0.25) is 0 Å². The van der Waals surface area contributed by atoms with Gasteiger partial charge in [0.1, 0.15) is 5.76 Å². The van der Waals surface area contributed by atoms with Crippen molar-refractivity contribution >= 4 is 0 Å². The smallest absolute Gasteiger partial charge is 0.112 e. The van der Waals surface area contributed by atoms with Gasteiger partial charge in [-0.25, -0.2) is 0 Å². The van der Waals surface area contributed by atoms with E-state index in [0.717, 1.165) is 5.57 Å². The summed E-state index contributed by atoms with van der Waals surface area (Å²) in [6.45, 7) is 19.1. The number of ether oxygens (including phenoxy) is 1. The van der Waals surface area contributed by atoms with Gasteiger partial charge in [-0.1, -0.05) is 62.0 Å². The molecule has 1 nitrogen and oxygen atoms in total. The lowest BCUT2D eigenvalue weighted by Gasteiger charge is -2.32. The van der Waals surface area contributed by atoms with Crippen LogP contribution in [0.4, 0.5) is 0 Å². The molecule has 0 aromatic heterocycles. The predicted octanol–water partition coefficient (Wildman–Crippen LogP) is 7.46. The minimum absolute atomic E-state index is 0.162. The second-order valence-electron chi connectivity index (χ2n) is 8.06. The van der Waals surface area contributed by atoms with Crippen LogP contribution in [-0.2, 0) is 4.74 Å². The third-order valence-corrected chi connectivity index (χ3v) is 4.55. The summed E-state index contributed by atoms with van der Waals surface area (Å²) in [7, 11) is 0. The van der Waals surface area contributed by atoms with Crippen LogP contribution >= 0.6 is 0 Å². The van der Waals surface area contributed by atoms with Crippen molar-refractivity contribution < 1.29 is 4.74 Å². The van der Waals surface area contributed by atoms with Gasteiger partial charge in [-0.3, -0.25) is 0 Å². The fourth-order valence-electron chi connectivity index (χ4n) is 3.27. The first-order valence-electron chi connectivity index (χ1n) is 9.39. The van der Waals surface area contributed by atoms with Crippen LogP contribution < -0.4 is 0 Å². The molecule has 0 fully saturated rings. The average Bonchev–Trinajstić information content (AvgIpc) is 2.44. The van der Waals surface area contributed by atoms with Crippen LogP contribution in [0.5, 0.6) is 0 Å². The maximum atomic E-state index is 5.55. The lowest BCUT2D eigenvalue weighted by Crippen LogP contribution is -2.19. The van der Waals surface area contributed by atoms with Crippen molar-refractivity contribution in [2.24, 2.45) is 5.41 Å². The van der Waals surface area contributed by atoms with E-state index >= 15 is 0 Å². The van der Waals surface area contributed by atoms with E-state index < -0.39 is 0 Å². The first kappa shape index (κ1) is 21.3. The molecule has 0 heterocycles. The normalized spacial score (nSPS) is 19.4. The van der Waals surface area contributed by atoms with Gasteiger partial charge in [0.05, 0.1) is 6.10 Å². The molecule has 1 aliphatic rings. The Morgan fingerprint density at radius 1 is 1.16 bits per heavy atom. The van der Waals surface area contributed by atoms with E-state index in [1.165, 1.54) is 30.4 Å². The third-order valence-electron chi connectivity index (χ3n) is 4.55. The second-order valence-corrected chi connectivity index (χ2v) is 8.06. The molecular formula is C24H36O. The number of rotatable bonds is 7. The van der Waals surface area contributed by atoms with Gasteiger partial charge in [0.15, 0.2) is 0 Å². The van der Waals surface area contributed by atoms with E-state index in [0.29, 0.717) is 11.2 Å². The van der Waals surface area contributed by atoms with Gasteiger partial charge in [-0.15, -0.1) is 0 Å². The summed E-state index contributed by atoms with van der Waals surface area (Å²) in [4.78, 5) is 0. The first-order chi connectivity index (χ1) is 11.6. The van der Waals surface area contributed by atoms with Crippen molar-refractivity contribution in [3.05, 3.63) is 71.1 Å². The standard InChI is InChI=1S/C24H36O/c1-18(2)25-22(6)17-20(4)12-9-11-19(3)14-15-23-21(5)13-10-16-24(23,7)8/h9,11-12,14-15,17-18H,6,10,13,16H2,1-5,7-8H3/b12-9+,15-14+,19-11+,20-17+. The fourth-order valence-corrected chi connectivity index (χ4v) is 3.27. The van der Waals surface area contributed by atoms with Gasteiger partial charge >= 0.3 is 0 Å². The minimum Gasteiger partial charge on any atom is -0.492 e. The molecule has 0 bridgehead atoms. The molecule has 0 saturated carbocycles. The molecule has 0 radical (unpaired) electrons. The van der Waals surface area contributed by atoms with Crippen LogP contribution in [0, 0.1) is 5.41 Å². The van der Waals surface area contributed by atoms with Crippen molar-refractivity contribution in [3.8, 4) is 0 Å². The van der Waals surface area contributed by atoms with Gasteiger partial charge < -0.3 is 4.74 Å². The number of hydrogen-bond donors (Lipinski definition) is 0. The van der Waals surface area contributed by atoms with E-state index in [4.69, 9.17) is 4.74 Å². The molecule has 0 saturated heterocycles. The zero-order chi connectivity index (χ0) is 19.0. The molecule has 0 aromatic rings. The molecule has 1 rings (SSSR count). The summed E-state index contributed by atoms with van der Waals surface area (Å²) in [6, 6.07) is 0. The molecule has 25 heavy (non-hydrogen) atoms. The minimum atomic E-state index is 0.162. The van der Waals surface area contributed by atoms with E-state index in [1.54, 1.807) is 5.57 Å². The van der Waals surface area contributed by atoms with Crippen LogP contribution in [-0.4, -0.2) is 6.10 Å². The SMILES string of the molecule is C=C(/C=C(C)/C=C/C=C(C)/C=C/C1=C(C)CCCC1(C)C)OC(C)C. The van der Waals surface area contributed by atoms with Crippen molar-refractivity contribution in [3.63, 3.8) is 0 Å². The molecule has 1 aliphatic carbocycles. The second kappa shape index (κ2) is 9.65. The zero-order valence-electron chi connectivity index (χ0n) is 17.3. The van der Waals surface area contributed by atoms with Crippen molar-refractivity contribution in [1.29, 1.82) is 0 Å². The lowest BCUT2D eigenvalue weighted by molar-refractivity contribution is 0.159. The highest BCUT2D eigenvalue weighted by atomic mass is 16.5. The van der Waals surface area contributed by atoms with Gasteiger partial charge in [0.25, 0.3) is 0 Å². The van der Waals surface area contributed by atoms with Crippen molar-refractivity contribution in [2.45, 2.75) is 73.8 Å². The molecule has 0 aliphatic heterocycles. The van der Waals surface area contributed by atoms with Crippen LogP contribution in [0.1, 0.15) is 67.7 Å².